The molecule has 1 saturated heterocycles. The highest BCUT2D eigenvalue weighted by molar-refractivity contribution is 9.10. The maximum absolute atomic E-state index is 13.1. The van der Waals surface area contributed by atoms with Crippen molar-refractivity contribution >= 4 is 36.0 Å². The van der Waals surface area contributed by atoms with Crippen molar-refractivity contribution in [3.05, 3.63) is 58.1 Å². The molecule has 2 aliphatic rings. The van der Waals surface area contributed by atoms with E-state index in [9.17, 15) is 16.8 Å². The van der Waals surface area contributed by atoms with Gasteiger partial charge in [-0.25, -0.2) is 16.8 Å². The van der Waals surface area contributed by atoms with Gasteiger partial charge in [-0.15, -0.1) is 0 Å². The van der Waals surface area contributed by atoms with Crippen LogP contribution in [0.2, 0.25) is 0 Å². The molecule has 0 spiro atoms. The molecule has 156 valence electrons. The number of aryl methyl sites for hydroxylation is 2. The highest BCUT2D eigenvalue weighted by atomic mass is 79.9. The molecule has 0 bridgehead atoms. The predicted molar refractivity (Wildman–Crippen MR) is 115 cm³/mol. The Morgan fingerprint density at radius 3 is 1.72 bits per heavy atom. The topological polar surface area (TPSA) is 74.8 Å². The SMILES string of the molecule is O=S(=O)(c1ccc(Br)cc1)N1CCN(S(=O)(=O)c2ccc3c(c2)CCCC3)CC1. The first-order chi connectivity index (χ1) is 13.8. The molecule has 0 aromatic heterocycles. The number of halogens is 1. The van der Waals surface area contributed by atoms with Gasteiger partial charge in [-0.05, 0) is 73.2 Å². The fourth-order valence-corrected chi connectivity index (χ4v) is 7.09. The first-order valence-corrected chi connectivity index (χ1v) is 13.3. The van der Waals surface area contributed by atoms with Gasteiger partial charge >= 0.3 is 0 Å². The van der Waals surface area contributed by atoms with E-state index in [1.54, 1.807) is 36.4 Å². The predicted octanol–water partition coefficient (Wildman–Crippen LogP) is 3.02. The van der Waals surface area contributed by atoms with Crippen molar-refractivity contribution in [2.45, 2.75) is 35.5 Å². The summed E-state index contributed by atoms with van der Waals surface area (Å²) in [6, 6.07) is 11.9. The Kier molecular flexibility index (Phi) is 5.87. The lowest BCUT2D eigenvalue weighted by molar-refractivity contribution is 0.273. The van der Waals surface area contributed by atoms with Gasteiger partial charge in [-0.3, -0.25) is 0 Å². The van der Waals surface area contributed by atoms with E-state index < -0.39 is 20.0 Å². The van der Waals surface area contributed by atoms with E-state index in [1.807, 2.05) is 6.07 Å². The van der Waals surface area contributed by atoms with E-state index in [2.05, 4.69) is 15.9 Å². The smallest absolute Gasteiger partial charge is 0.207 e. The van der Waals surface area contributed by atoms with Gasteiger partial charge in [0.2, 0.25) is 20.0 Å². The maximum Gasteiger partial charge on any atom is 0.243 e. The Hall–Kier alpha value is -1.26. The van der Waals surface area contributed by atoms with Crippen LogP contribution in [0.5, 0.6) is 0 Å². The number of piperazine rings is 1. The van der Waals surface area contributed by atoms with E-state index in [0.717, 1.165) is 35.7 Å². The first-order valence-electron chi connectivity index (χ1n) is 9.66. The van der Waals surface area contributed by atoms with Crippen LogP contribution >= 0.6 is 15.9 Å². The number of hydrogen-bond acceptors (Lipinski definition) is 4. The minimum Gasteiger partial charge on any atom is -0.207 e. The van der Waals surface area contributed by atoms with Crippen LogP contribution in [0.3, 0.4) is 0 Å². The Morgan fingerprint density at radius 1 is 0.655 bits per heavy atom. The van der Waals surface area contributed by atoms with Crippen molar-refractivity contribution in [1.29, 1.82) is 0 Å². The summed E-state index contributed by atoms with van der Waals surface area (Å²) in [6.45, 7) is 0.579. The van der Waals surface area contributed by atoms with Crippen molar-refractivity contribution < 1.29 is 16.8 Å². The molecule has 0 radical (unpaired) electrons. The van der Waals surface area contributed by atoms with Gasteiger partial charge in [0.25, 0.3) is 0 Å². The van der Waals surface area contributed by atoms with Crippen molar-refractivity contribution in [1.82, 2.24) is 8.61 Å². The Labute approximate surface area is 180 Å². The minimum absolute atomic E-state index is 0.141. The van der Waals surface area contributed by atoms with E-state index in [4.69, 9.17) is 0 Å². The molecule has 2 aromatic rings. The highest BCUT2D eigenvalue weighted by Gasteiger charge is 2.34. The summed E-state index contributed by atoms with van der Waals surface area (Å²) in [5.74, 6) is 0. The summed E-state index contributed by atoms with van der Waals surface area (Å²) >= 11 is 3.30. The molecule has 29 heavy (non-hydrogen) atoms. The number of rotatable bonds is 4. The largest absolute Gasteiger partial charge is 0.243 e. The number of nitrogens with zero attached hydrogens (tertiary/aromatic N) is 2. The summed E-state index contributed by atoms with van der Waals surface area (Å²) in [5.41, 5.74) is 2.36. The number of sulfonamides is 2. The van der Waals surface area contributed by atoms with Crippen LogP contribution in [-0.2, 0) is 32.9 Å². The summed E-state index contributed by atoms with van der Waals surface area (Å²) < 4.78 is 55.4. The van der Waals surface area contributed by atoms with Crippen LogP contribution in [0.1, 0.15) is 24.0 Å². The maximum atomic E-state index is 13.1. The van der Waals surface area contributed by atoms with E-state index in [0.29, 0.717) is 4.90 Å². The van der Waals surface area contributed by atoms with Crippen LogP contribution in [0.25, 0.3) is 0 Å². The van der Waals surface area contributed by atoms with E-state index in [1.165, 1.54) is 14.2 Å². The normalized spacial score (nSPS) is 19.1. The molecular weight excluding hydrogens is 476 g/mol. The standard InChI is InChI=1S/C20H23BrN2O4S2/c21-18-6-9-19(10-7-18)28(24,25)22-11-13-23(14-12-22)29(26,27)20-8-5-16-3-1-2-4-17(16)15-20/h5-10,15H,1-4,11-14H2. The van der Waals surface area contributed by atoms with Crippen LogP contribution in [0.15, 0.2) is 56.7 Å². The monoisotopic (exact) mass is 498 g/mol. The van der Waals surface area contributed by atoms with Gasteiger partial charge in [0.15, 0.2) is 0 Å². The summed E-state index contributed by atoms with van der Waals surface area (Å²) in [4.78, 5) is 0.522. The quantitative estimate of drug-likeness (QED) is 0.649. The van der Waals surface area contributed by atoms with Crippen molar-refractivity contribution in [2.24, 2.45) is 0 Å². The number of fused-ring (bicyclic) bond motifs is 1. The lowest BCUT2D eigenvalue weighted by Crippen LogP contribution is -2.50. The molecule has 0 amide bonds. The molecule has 0 atom stereocenters. The molecule has 1 heterocycles. The molecule has 0 saturated carbocycles. The second kappa shape index (κ2) is 8.11. The van der Waals surface area contributed by atoms with Crippen molar-refractivity contribution in [2.75, 3.05) is 26.2 Å². The highest BCUT2D eigenvalue weighted by Crippen LogP contribution is 2.27. The van der Waals surface area contributed by atoms with Crippen molar-refractivity contribution in [3.63, 3.8) is 0 Å². The summed E-state index contributed by atoms with van der Waals surface area (Å²) in [6.07, 6.45) is 4.15. The average Bonchev–Trinajstić information content (AvgIpc) is 2.74. The van der Waals surface area contributed by atoms with E-state index in [-0.39, 0.29) is 31.1 Å². The average molecular weight is 499 g/mol. The molecule has 0 N–H and O–H groups in total. The van der Waals surface area contributed by atoms with Crippen LogP contribution < -0.4 is 0 Å². The molecule has 0 unspecified atom stereocenters. The zero-order chi connectivity index (χ0) is 20.6. The Balaban J connectivity index is 1.49. The van der Waals surface area contributed by atoms with Gasteiger partial charge in [0, 0.05) is 30.7 Å². The van der Waals surface area contributed by atoms with E-state index >= 15 is 0 Å². The van der Waals surface area contributed by atoms with Crippen LogP contribution in [0, 0.1) is 0 Å². The molecule has 4 rings (SSSR count). The van der Waals surface area contributed by atoms with Gasteiger partial charge in [0.05, 0.1) is 9.79 Å². The fraction of sp³-hybridized carbons (Fsp3) is 0.400. The molecule has 1 aliphatic carbocycles. The lowest BCUT2D eigenvalue weighted by atomic mass is 9.92. The van der Waals surface area contributed by atoms with Gasteiger partial charge in [0.1, 0.15) is 0 Å². The van der Waals surface area contributed by atoms with Gasteiger partial charge in [-0.2, -0.15) is 8.61 Å². The molecule has 9 heteroatoms. The summed E-state index contributed by atoms with van der Waals surface area (Å²) in [7, 11) is -7.26. The molecule has 1 aliphatic heterocycles. The van der Waals surface area contributed by atoms with Gasteiger partial charge in [-0.1, -0.05) is 22.0 Å². The zero-order valence-electron chi connectivity index (χ0n) is 15.9. The fourth-order valence-electron chi connectivity index (χ4n) is 3.93. The lowest BCUT2D eigenvalue weighted by Gasteiger charge is -2.33. The summed E-state index contributed by atoms with van der Waals surface area (Å²) in [5, 5.41) is 0. The molecule has 2 aromatic carbocycles. The second-order valence-corrected chi connectivity index (χ2v) is 12.2. The van der Waals surface area contributed by atoms with Gasteiger partial charge < -0.3 is 0 Å². The molecule has 6 nitrogen and oxygen atoms in total. The first kappa shape index (κ1) is 21.0. The third-order valence-corrected chi connectivity index (χ3v) is 9.94. The van der Waals surface area contributed by atoms with Crippen molar-refractivity contribution in [3.8, 4) is 0 Å². The molecule has 1 fully saturated rings. The number of benzene rings is 2. The third-order valence-electron chi connectivity index (χ3n) is 5.61. The Bertz CT molecular complexity index is 1110. The van der Waals surface area contributed by atoms with Crippen LogP contribution in [0.4, 0.5) is 0 Å². The zero-order valence-corrected chi connectivity index (χ0v) is 19.1. The second-order valence-electron chi connectivity index (χ2n) is 7.40. The number of hydrogen-bond donors (Lipinski definition) is 0. The molecular formula is C20H23BrN2O4S2. The Morgan fingerprint density at radius 2 is 1.14 bits per heavy atom. The third kappa shape index (κ3) is 4.16. The minimum atomic E-state index is -3.63. The van der Waals surface area contributed by atoms with Crippen LogP contribution in [-0.4, -0.2) is 51.6 Å².